The Hall–Kier alpha value is -2.66. The normalized spacial score (nSPS) is 20.5. The average Bonchev–Trinajstić information content (AvgIpc) is 3.14. The smallest absolute Gasteiger partial charge is 0.213 e. The van der Waals surface area contributed by atoms with Crippen molar-refractivity contribution in [3.63, 3.8) is 0 Å². The molecule has 27 heavy (non-hydrogen) atoms. The molecule has 0 fully saturated rings. The Morgan fingerprint density at radius 2 is 1.81 bits per heavy atom. The summed E-state index contributed by atoms with van der Waals surface area (Å²) < 4.78 is 7.41. The number of nitrogens with zero attached hydrogens (tertiary/aromatic N) is 3. The predicted octanol–water partition coefficient (Wildman–Crippen LogP) is 5.39. The maximum atomic E-state index is 6.36. The molecule has 0 radical (unpaired) electrons. The third-order valence-corrected chi connectivity index (χ3v) is 5.62. The predicted molar refractivity (Wildman–Crippen MR) is 109 cm³/mol. The molecule has 0 saturated heterocycles. The van der Waals surface area contributed by atoms with E-state index < -0.39 is 0 Å². The van der Waals surface area contributed by atoms with Gasteiger partial charge in [0.05, 0.1) is 11.8 Å². The topological polar surface area (TPSA) is 37.7 Å². The van der Waals surface area contributed by atoms with E-state index in [-0.39, 0.29) is 12.3 Å². The summed E-state index contributed by atoms with van der Waals surface area (Å²) in [6.45, 7) is 2.10. The molecule has 0 aliphatic carbocycles. The van der Waals surface area contributed by atoms with E-state index in [4.69, 9.17) is 9.84 Å². The monoisotopic (exact) mass is 419 g/mol. The van der Waals surface area contributed by atoms with Crippen LogP contribution in [0.2, 0.25) is 0 Å². The maximum Gasteiger partial charge on any atom is 0.213 e. The molecular weight excluding hydrogens is 402 g/mol. The lowest BCUT2D eigenvalue weighted by Gasteiger charge is -2.38. The Balaban J connectivity index is 1.60. The van der Waals surface area contributed by atoms with Crippen LogP contribution >= 0.6 is 15.9 Å². The number of aryl methyl sites for hydroxylation is 1. The number of fused-ring (bicyclic) bond motifs is 3. The highest BCUT2D eigenvalue weighted by molar-refractivity contribution is 9.10. The van der Waals surface area contributed by atoms with Crippen LogP contribution in [0.1, 0.15) is 40.9 Å². The van der Waals surface area contributed by atoms with E-state index in [1.807, 2.05) is 24.3 Å². The average molecular weight is 420 g/mol. The Morgan fingerprint density at radius 3 is 2.59 bits per heavy atom. The first-order valence-corrected chi connectivity index (χ1v) is 9.77. The number of hydrazone groups is 1. The number of hydrogen-bond acceptors (Lipinski definition) is 4. The van der Waals surface area contributed by atoms with Gasteiger partial charge in [0, 0.05) is 34.4 Å². The Morgan fingerprint density at radius 1 is 1.04 bits per heavy atom. The number of hydrogen-bond donors (Lipinski definition) is 0. The molecule has 3 heterocycles. The van der Waals surface area contributed by atoms with Crippen molar-refractivity contribution in [1.82, 2.24) is 9.99 Å². The van der Waals surface area contributed by atoms with Gasteiger partial charge in [-0.3, -0.25) is 4.98 Å². The lowest BCUT2D eigenvalue weighted by atomic mass is 9.96. The third kappa shape index (κ3) is 2.92. The van der Waals surface area contributed by atoms with Gasteiger partial charge >= 0.3 is 0 Å². The molecule has 0 bridgehead atoms. The fourth-order valence-corrected chi connectivity index (χ4v) is 4.11. The molecule has 2 aliphatic heterocycles. The Labute approximate surface area is 166 Å². The molecule has 1 aromatic heterocycles. The number of aromatic nitrogens is 1. The molecule has 134 valence electrons. The van der Waals surface area contributed by atoms with Gasteiger partial charge in [-0.05, 0) is 42.8 Å². The quantitative estimate of drug-likeness (QED) is 0.558. The van der Waals surface area contributed by atoms with Crippen molar-refractivity contribution in [2.45, 2.75) is 25.6 Å². The minimum absolute atomic E-state index is 0.153. The first-order valence-electron chi connectivity index (χ1n) is 8.98. The number of rotatable bonds is 2. The zero-order chi connectivity index (χ0) is 18.4. The highest BCUT2D eigenvalue weighted by atomic mass is 79.9. The third-order valence-electron chi connectivity index (χ3n) is 5.13. The van der Waals surface area contributed by atoms with Gasteiger partial charge in [-0.15, -0.1) is 0 Å². The summed E-state index contributed by atoms with van der Waals surface area (Å²) in [5, 5.41) is 7.08. The number of ether oxygens (including phenoxy) is 1. The molecule has 2 atom stereocenters. The van der Waals surface area contributed by atoms with Gasteiger partial charge in [-0.2, -0.15) is 5.10 Å². The molecule has 0 amide bonds. The lowest BCUT2D eigenvalue weighted by molar-refractivity contribution is -0.0191. The Kier molecular flexibility index (Phi) is 3.97. The van der Waals surface area contributed by atoms with E-state index in [9.17, 15) is 0 Å². The summed E-state index contributed by atoms with van der Waals surface area (Å²) in [7, 11) is 0. The summed E-state index contributed by atoms with van der Waals surface area (Å²) in [6, 6.07) is 18.9. The van der Waals surface area contributed by atoms with Crippen molar-refractivity contribution in [2.75, 3.05) is 0 Å². The van der Waals surface area contributed by atoms with E-state index >= 15 is 0 Å². The lowest BCUT2D eigenvalue weighted by Crippen LogP contribution is -2.33. The molecule has 0 unspecified atom stereocenters. The molecule has 3 aromatic rings. The van der Waals surface area contributed by atoms with Crippen LogP contribution in [0.3, 0.4) is 0 Å². The van der Waals surface area contributed by atoms with Crippen LogP contribution in [0, 0.1) is 6.92 Å². The van der Waals surface area contributed by atoms with Crippen LogP contribution in [0.4, 0.5) is 0 Å². The summed E-state index contributed by atoms with van der Waals surface area (Å²) >= 11 is 3.60. The molecule has 5 heteroatoms. The van der Waals surface area contributed by atoms with Crippen LogP contribution in [-0.2, 0) is 0 Å². The zero-order valence-electron chi connectivity index (χ0n) is 14.8. The van der Waals surface area contributed by atoms with Gasteiger partial charge in [0.1, 0.15) is 5.75 Å². The first-order chi connectivity index (χ1) is 13.2. The van der Waals surface area contributed by atoms with Crippen LogP contribution in [0.5, 0.6) is 5.75 Å². The minimum atomic E-state index is -0.255. The van der Waals surface area contributed by atoms with Crippen molar-refractivity contribution >= 4 is 21.6 Å². The number of pyridine rings is 1. The number of halogens is 1. The van der Waals surface area contributed by atoms with E-state index in [1.165, 1.54) is 16.7 Å². The van der Waals surface area contributed by atoms with E-state index in [0.717, 1.165) is 27.9 Å². The fourth-order valence-electron chi connectivity index (χ4n) is 3.73. The summed E-state index contributed by atoms with van der Waals surface area (Å²) in [5.74, 6) is 0.918. The second-order valence-electron chi connectivity index (χ2n) is 6.95. The molecular formula is C22H18BrN3O. The van der Waals surface area contributed by atoms with Gasteiger partial charge in [0.25, 0.3) is 0 Å². The summed E-state index contributed by atoms with van der Waals surface area (Å²) in [6.07, 6.45) is 4.20. The van der Waals surface area contributed by atoms with Gasteiger partial charge < -0.3 is 4.74 Å². The highest BCUT2D eigenvalue weighted by Gasteiger charge is 2.41. The molecule has 0 N–H and O–H groups in total. The first kappa shape index (κ1) is 16.5. The van der Waals surface area contributed by atoms with Crippen LogP contribution in [-0.4, -0.2) is 15.7 Å². The zero-order valence-corrected chi connectivity index (χ0v) is 16.4. The fraction of sp³-hybridized carbons (Fsp3) is 0.182. The van der Waals surface area contributed by atoms with Gasteiger partial charge in [-0.25, -0.2) is 5.01 Å². The molecule has 0 saturated carbocycles. The molecule has 2 aromatic carbocycles. The van der Waals surface area contributed by atoms with E-state index in [0.29, 0.717) is 0 Å². The van der Waals surface area contributed by atoms with Crippen molar-refractivity contribution < 1.29 is 4.74 Å². The van der Waals surface area contributed by atoms with Crippen LogP contribution in [0.25, 0.3) is 0 Å². The van der Waals surface area contributed by atoms with Crippen molar-refractivity contribution in [3.05, 3.63) is 93.7 Å². The standard InChI is InChI=1S/C22H18BrN3O/c1-14-2-4-15(5-3-14)19-13-20-18-12-17(23)6-7-21(18)27-22(26(20)25-19)16-8-10-24-11-9-16/h2-12,20,22H,13H2,1H3/t20-,22+/m0/s1. The van der Waals surface area contributed by atoms with Crippen LogP contribution in [0.15, 0.2) is 76.6 Å². The van der Waals surface area contributed by atoms with Gasteiger partial charge in [0.2, 0.25) is 6.23 Å². The second kappa shape index (κ2) is 6.50. The van der Waals surface area contributed by atoms with E-state index in [1.54, 1.807) is 12.4 Å². The van der Waals surface area contributed by atoms with Crippen molar-refractivity contribution in [1.29, 1.82) is 0 Å². The van der Waals surface area contributed by atoms with Crippen molar-refractivity contribution in [2.24, 2.45) is 5.10 Å². The largest absolute Gasteiger partial charge is 0.464 e. The highest BCUT2D eigenvalue weighted by Crippen LogP contribution is 2.48. The van der Waals surface area contributed by atoms with Crippen LogP contribution < -0.4 is 4.74 Å². The molecule has 4 nitrogen and oxygen atoms in total. The van der Waals surface area contributed by atoms with E-state index in [2.05, 4.69) is 63.2 Å². The SMILES string of the molecule is Cc1ccc(C2=NN3[C@@H](c4ccncc4)Oc4ccc(Br)cc4[C@@H]3C2)cc1. The maximum absolute atomic E-state index is 6.36. The van der Waals surface area contributed by atoms with Gasteiger partial charge in [0.15, 0.2) is 0 Å². The minimum Gasteiger partial charge on any atom is -0.464 e. The molecule has 5 rings (SSSR count). The van der Waals surface area contributed by atoms with Crippen molar-refractivity contribution in [3.8, 4) is 5.75 Å². The van der Waals surface area contributed by atoms with Gasteiger partial charge in [-0.1, -0.05) is 45.8 Å². The summed E-state index contributed by atoms with van der Waals surface area (Å²) in [4.78, 5) is 4.14. The molecule has 2 aliphatic rings. The molecule has 0 spiro atoms. The second-order valence-corrected chi connectivity index (χ2v) is 7.86. The summed E-state index contributed by atoms with van der Waals surface area (Å²) in [5.41, 5.74) is 5.73. The number of benzene rings is 2. The Bertz CT molecular complexity index is 1020.